The fourth-order valence-corrected chi connectivity index (χ4v) is 4.77. The number of allylic oxidation sites excluding steroid dienone is 1. The lowest BCUT2D eigenvalue weighted by Crippen LogP contribution is -2.45. The summed E-state index contributed by atoms with van der Waals surface area (Å²) in [5.41, 5.74) is 1.30. The molecule has 3 heterocycles. The molecule has 2 atom stereocenters. The molecule has 0 aromatic carbocycles. The number of halogens is 1. The first-order valence-corrected chi connectivity index (χ1v) is 10.6. The predicted molar refractivity (Wildman–Crippen MR) is 106 cm³/mol. The van der Waals surface area contributed by atoms with E-state index in [0.29, 0.717) is 23.8 Å². The number of ether oxygens (including phenoxy) is 1. The van der Waals surface area contributed by atoms with E-state index in [2.05, 4.69) is 14.8 Å². The molecule has 3 aliphatic rings. The van der Waals surface area contributed by atoms with Gasteiger partial charge in [-0.1, -0.05) is 43.9 Å². The topological polar surface area (TPSA) is 71.7 Å². The zero-order valence-corrected chi connectivity index (χ0v) is 17.0. The van der Waals surface area contributed by atoms with Gasteiger partial charge in [0.25, 0.3) is 5.70 Å². The van der Waals surface area contributed by atoms with E-state index >= 15 is 0 Å². The van der Waals surface area contributed by atoms with Crippen LogP contribution >= 0.6 is 11.6 Å². The maximum Gasteiger partial charge on any atom is 0.289 e. The summed E-state index contributed by atoms with van der Waals surface area (Å²) in [5, 5.41) is 12.3. The SMILES string of the molecule is CC1CC(OC2CCCCC2)N2CCN(Cc3ccc(Cl)nc3)C2=C1[N+](=O)[O-]. The van der Waals surface area contributed by atoms with Crippen molar-refractivity contribution < 1.29 is 9.66 Å². The standard InChI is InChI=1S/C20H27ClN4O3/c1-14-11-18(28-16-5-3-2-4-6-16)24-10-9-23(20(24)19(14)25(26)27)13-15-7-8-17(21)22-12-15/h7-8,12,14,16,18H,2-6,9-11,13H2,1H3. The lowest BCUT2D eigenvalue weighted by molar-refractivity contribution is -0.440. The Hall–Kier alpha value is -1.86. The van der Waals surface area contributed by atoms with Crippen LogP contribution in [0.15, 0.2) is 29.8 Å². The molecule has 0 radical (unpaired) electrons. The van der Waals surface area contributed by atoms with Crippen molar-refractivity contribution in [2.75, 3.05) is 13.1 Å². The van der Waals surface area contributed by atoms with Crippen LogP contribution in [-0.2, 0) is 11.3 Å². The van der Waals surface area contributed by atoms with Gasteiger partial charge in [-0.25, -0.2) is 4.98 Å². The molecule has 1 saturated heterocycles. The summed E-state index contributed by atoms with van der Waals surface area (Å²) >= 11 is 5.89. The summed E-state index contributed by atoms with van der Waals surface area (Å²) in [7, 11) is 0. The first kappa shape index (κ1) is 19.5. The van der Waals surface area contributed by atoms with E-state index in [1.54, 1.807) is 12.3 Å². The minimum absolute atomic E-state index is 0.0786. The van der Waals surface area contributed by atoms with Gasteiger partial charge in [-0.15, -0.1) is 0 Å². The van der Waals surface area contributed by atoms with Crippen molar-refractivity contribution in [3.05, 3.63) is 50.7 Å². The van der Waals surface area contributed by atoms with Crippen molar-refractivity contribution in [3.8, 4) is 0 Å². The van der Waals surface area contributed by atoms with Crippen LogP contribution in [0.5, 0.6) is 0 Å². The van der Waals surface area contributed by atoms with Gasteiger partial charge in [0.2, 0.25) is 0 Å². The van der Waals surface area contributed by atoms with E-state index in [1.165, 1.54) is 19.3 Å². The van der Waals surface area contributed by atoms with Crippen LogP contribution in [-0.4, -0.2) is 45.1 Å². The molecule has 152 valence electrons. The number of hydrogen-bond donors (Lipinski definition) is 0. The summed E-state index contributed by atoms with van der Waals surface area (Å²) < 4.78 is 6.47. The van der Waals surface area contributed by atoms with Crippen molar-refractivity contribution in [1.82, 2.24) is 14.8 Å². The zero-order valence-electron chi connectivity index (χ0n) is 16.2. The lowest BCUT2D eigenvalue weighted by Gasteiger charge is -2.39. The van der Waals surface area contributed by atoms with Crippen LogP contribution in [0.25, 0.3) is 0 Å². The van der Waals surface area contributed by atoms with E-state index in [9.17, 15) is 10.1 Å². The number of nitro groups is 1. The fraction of sp³-hybridized carbons (Fsp3) is 0.650. The van der Waals surface area contributed by atoms with Gasteiger partial charge in [0.05, 0.1) is 16.9 Å². The second-order valence-electron chi connectivity index (χ2n) is 8.06. The van der Waals surface area contributed by atoms with E-state index in [1.807, 2.05) is 13.0 Å². The first-order chi connectivity index (χ1) is 13.5. The number of hydrogen-bond acceptors (Lipinski definition) is 6. The number of pyridine rings is 1. The second-order valence-corrected chi connectivity index (χ2v) is 8.44. The Morgan fingerprint density at radius 1 is 1.29 bits per heavy atom. The molecule has 8 heteroatoms. The van der Waals surface area contributed by atoms with Gasteiger partial charge in [0.1, 0.15) is 11.4 Å². The molecule has 1 aromatic rings. The Kier molecular flexibility index (Phi) is 5.73. The largest absolute Gasteiger partial charge is 0.355 e. The van der Waals surface area contributed by atoms with E-state index < -0.39 is 0 Å². The van der Waals surface area contributed by atoms with Gasteiger partial charge in [0.15, 0.2) is 5.82 Å². The highest BCUT2D eigenvalue weighted by Gasteiger charge is 2.45. The summed E-state index contributed by atoms with van der Waals surface area (Å²) in [5.74, 6) is 0.582. The predicted octanol–water partition coefficient (Wildman–Crippen LogP) is 4.01. The van der Waals surface area contributed by atoms with Crippen molar-refractivity contribution in [3.63, 3.8) is 0 Å². The Bertz CT molecular complexity index is 748. The molecule has 28 heavy (non-hydrogen) atoms. The highest BCUT2D eigenvalue weighted by Crippen LogP contribution is 2.39. The molecule has 4 rings (SSSR count). The molecule has 2 aliphatic heterocycles. The molecular formula is C20H27ClN4O3. The zero-order chi connectivity index (χ0) is 19.7. The molecule has 0 bridgehead atoms. The Morgan fingerprint density at radius 3 is 2.75 bits per heavy atom. The third kappa shape index (κ3) is 3.96. The van der Waals surface area contributed by atoms with E-state index in [4.69, 9.17) is 16.3 Å². The van der Waals surface area contributed by atoms with Crippen LogP contribution in [0.1, 0.15) is 51.0 Å². The highest BCUT2D eigenvalue weighted by molar-refractivity contribution is 6.29. The molecule has 1 aliphatic carbocycles. The molecule has 0 spiro atoms. The number of fused-ring (bicyclic) bond motifs is 1. The van der Waals surface area contributed by atoms with Gasteiger partial charge >= 0.3 is 0 Å². The van der Waals surface area contributed by atoms with Crippen LogP contribution in [0.2, 0.25) is 5.15 Å². The van der Waals surface area contributed by atoms with Crippen molar-refractivity contribution in [2.24, 2.45) is 5.92 Å². The van der Waals surface area contributed by atoms with Gasteiger partial charge in [-0.05, 0) is 24.5 Å². The molecule has 7 nitrogen and oxygen atoms in total. The molecule has 0 amide bonds. The molecule has 1 saturated carbocycles. The van der Waals surface area contributed by atoms with Crippen molar-refractivity contribution in [2.45, 2.75) is 64.3 Å². The minimum Gasteiger partial charge on any atom is -0.355 e. The molecule has 2 fully saturated rings. The van der Waals surface area contributed by atoms with Gasteiger partial charge in [-0.2, -0.15) is 0 Å². The van der Waals surface area contributed by atoms with Crippen molar-refractivity contribution >= 4 is 11.6 Å². The first-order valence-electron chi connectivity index (χ1n) is 10.2. The number of rotatable bonds is 5. The van der Waals surface area contributed by atoms with E-state index in [-0.39, 0.29) is 23.2 Å². The third-order valence-corrected chi connectivity index (χ3v) is 6.27. The molecular weight excluding hydrogens is 380 g/mol. The normalized spacial score (nSPS) is 25.9. The number of aromatic nitrogens is 1. The fourth-order valence-electron chi connectivity index (χ4n) is 4.66. The van der Waals surface area contributed by atoms with Gasteiger partial charge < -0.3 is 14.5 Å². The van der Waals surface area contributed by atoms with Gasteiger partial charge in [-0.3, -0.25) is 10.1 Å². The molecule has 0 N–H and O–H groups in total. The highest BCUT2D eigenvalue weighted by atomic mass is 35.5. The summed E-state index contributed by atoms with van der Waals surface area (Å²) in [4.78, 5) is 20.0. The Morgan fingerprint density at radius 2 is 2.07 bits per heavy atom. The second kappa shape index (κ2) is 8.25. The van der Waals surface area contributed by atoms with E-state index in [0.717, 1.165) is 37.3 Å². The Balaban J connectivity index is 1.58. The monoisotopic (exact) mass is 406 g/mol. The van der Waals surface area contributed by atoms with Crippen LogP contribution in [0, 0.1) is 16.0 Å². The maximum atomic E-state index is 11.9. The quantitative estimate of drug-likeness (QED) is 0.418. The average molecular weight is 407 g/mol. The third-order valence-electron chi connectivity index (χ3n) is 6.04. The lowest BCUT2D eigenvalue weighted by atomic mass is 9.96. The van der Waals surface area contributed by atoms with Gasteiger partial charge in [0, 0.05) is 32.3 Å². The van der Waals surface area contributed by atoms with Crippen LogP contribution < -0.4 is 0 Å². The maximum absolute atomic E-state index is 11.9. The average Bonchev–Trinajstić information content (AvgIpc) is 3.08. The van der Waals surface area contributed by atoms with Crippen molar-refractivity contribution in [1.29, 1.82) is 0 Å². The number of nitrogens with zero attached hydrogens (tertiary/aromatic N) is 4. The smallest absolute Gasteiger partial charge is 0.289 e. The Labute approximate surface area is 170 Å². The molecule has 2 unspecified atom stereocenters. The van der Waals surface area contributed by atoms with Crippen LogP contribution in [0.4, 0.5) is 0 Å². The summed E-state index contributed by atoms with van der Waals surface area (Å²) in [6.07, 6.45) is 8.51. The summed E-state index contributed by atoms with van der Waals surface area (Å²) in [6, 6.07) is 3.68. The minimum atomic E-state index is -0.206. The summed E-state index contributed by atoms with van der Waals surface area (Å²) in [6.45, 7) is 4.01. The molecule has 1 aromatic heterocycles. The van der Waals surface area contributed by atoms with Crippen LogP contribution in [0.3, 0.4) is 0 Å².